The highest BCUT2D eigenvalue weighted by Crippen LogP contribution is 2.13. The molecule has 0 heterocycles. The summed E-state index contributed by atoms with van der Waals surface area (Å²) in [5.41, 5.74) is 0. The van der Waals surface area contributed by atoms with Gasteiger partial charge in [0.1, 0.15) is 0 Å². The summed E-state index contributed by atoms with van der Waals surface area (Å²) in [6.45, 7) is 2.17. The number of hydrogen-bond acceptors (Lipinski definition) is 4. The lowest BCUT2D eigenvalue weighted by molar-refractivity contribution is 0.199. The van der Waals surface area contributed by atoms with E-state index in [1.807, 2.05) is 0 Å². The van der Waals surface area contributed by atoms with E-state index in [1.54, 1.807) is 19.2 Å². The van der Waals surface area contributed by atoms with Crippen molar-refractivity contribution in [2.45, 2.75) is 4.90 Å². The van der Waals surface area contributed by atoms with Crippen molar-refractivity contribution < 1.29 is 13.2 Å². The Kier molecular flexibility index (Phi) is 6.59. The highest BCUT2D eigenvalue weighted by Gasteiger charge is 2.12. The monoisotopic (exact) mass is 292 g/mol. The number of nitrogens with one attached hydrogen (secondary N) is 2. The topological polar surface area (TPSA) is 67.4 Å². The summed E-state index contributed by atoms with van der Waals surface area (Å²) < 4.78 is 31.0. The standard InChI is InChI=1S/C11H17ClN2O3S/c1-17-9-8-13-6-7-14-18(15,16)11-4-2-10(12)3-5-11/h2-5,13-14H,6-9H2,1H3. The molecule has 1 aromatic carbocycles. The molecule has 0 saturated heterocycles. The molecule has 7 heteroatoms. The third-order valence-electron chi connectivity index (χ3n) is 2.20. The zero-order chi connectivity index (χ0) is 13.4. The van der Waals surface area contributed by atoms with Crippen LogP contribution in [0.3, 0.4) is 0 Å². The van der Waals surface area contributed by atoms with Gasteiger partial charge in [-0.15, -0.1) is 0 Å². The molecule has 0 aliphatic carbocycles. The molecule has 0 saturated carbocycles. The van der Waals surface area contributed by atoms with E-state index < -0.39 is 10.0 Å². The summed E-state index contributed by atoms with van der Waals surface area (Å²) in [6, 6.07) is 6.05. The molecule has 1 rings (SSSR count). The van der Waals surface area contributed by atoms with Crippen molar-refractivity contribution >= 4 is 21.6 Å². The van der Waals surface area contributed by atoms with Crippen LogP contribution in [-0.2, 0) is 14.8 Å². The van der Waals surface area contributed by atoms with Crippen molar-refractivity contribution in [2.75, 3.05) is 33.4 Å². The Hall–Kier alpha value is -0.660. The van der Waals surface area contributed by atoms with E-state index in [-0.39, 0.29) is 4.90 Å². The fourth-order valence-corrected chi connectivity index (χ4v) is 2.43. The Morgan fingerprint density at radius 2 is 1.83 bits per heavy atom. The molecular weight excluding hydrogens is 276 g/mol. The predicted octanol–water partition coefficient (Wildman–Crippen LogP) is 0.854. The number of ether oxygens (including phenoxy) is 1. The molecule has 1 aromatic rings. The molecule has 2 N–H and O–H groups in total. The van der Waals surface area contributed by atoms with Gasteiger partial charge in [-0.05, 0) is 24.3 Å². The van der Waals surface area contributed by atoms with Gasteiger partial charge < -0.3 is 10.1 Å². The lowest BCUT2D eigenvalue weighted by atomic mass is 10.4. The molecule has 0 aliphatic heterocycles. The Bertz CT molecular complexity index is 448. The van der Waals surface area contributed by atoms with Crippen LogP contribution in [0, 0.1) is 0 Å². The third-order valence-corrected chi connectivity index (χ3v) is 3.93. The van der Waals surface area contributed by atoms with E-state index in [9.17, 15) is 8.42 Å². The van der Waals surface area contributed by atoms with Gasteiger partial charge in [0.05, 0.1) is 11.5 Å². The van der Waals surface area contributed by atoms with Crippen molar-refractivity contribution in [2.24, 2.45) is 0 Å². The van der Waals surface area contributed by atoms with Crippen LogP contribution < -0.4 is 10.0 Å². The van der Waals surface area contributed by atoms with Crippen LogP contribution in [0.1, 0.15) is 0 Å². The van der Waals surface area contributed by atoms with E-state index in [0.29, 0.717) is 31.3 Å². The summed E-state index contributed by atoms with van der Waals surface area (Å²) in [5, 5.41) is 3.56. The van der Waals surface area contributed by atoms with Crippen molar-refractivity contribution in [3.05, 3.63) is 29.3 Å². The Balaban J connectivity index is 2.38. The van der Waals surface area contributed by atoms with E-state index in [2.05, 4.69) is 10.0 Å². The van der Waals surface area contributed by atoms with Crippen LogP contribution in [0.2, 0.25) is 5.02 Å². The molecule has 0 unspecified atom stereocenters. The quantitative estimate of drug-likeness (QED) is 0.697. The maximum absolute atomic E-state index is 11.8. The first kappa shape index (κ1) is 15.4. The summed E-state index contributed by atoms with van der Waals surface area (Å²) in [4.78, 5) is 0.212. The number of halogens is 1. The summed E-state index contributed by atoms with van der Waals surface area (Å²) >= 11 is 5.70. The first-order valence-corrected chi connectivity index (χ1v) is 7.37. The van der Waals surface area contributed by atoms with Crippen LogP contribution in [0.4, 0.5) is 0 Å². The number of rotatable bonds is 8. The number of hydrogen-bond donors (Lipinski definition) is 2. The minimum absolute atomic E-state index is 0.212. The molecule has 102 valence electrons. The van der Waals surface area contributed by atoms with Crippen LogP contribution >= 0.6 is 11.6 Å². The molecule has 0 spiro atoms. The Morgan fingerprint density at radius 1 is 1.17 bits per heavy atom. The predicted molar refractivity (Wildman–Crippen MR) is 71.4 cm³/mol. The normalized spacial score (nSPS) is 11.7. The van der Waals surface area contributed by atoms with Crippen molar-refractivity contribution in [1.29, 1.82) is 0 Å². The van der Waals surface area contributed by atoms with Crippen LogP contribution in [0.15, 0.2) is 29.2 Å². The minimum atomic E-state index is -3.45. The van der Waals surface area contributed by atoms with Gasteiger partial charge in [-0.2, -0.15) is 0 Å². The largest absolute Gasteiger partial charge is 0.383 e. The zero-order valence-corrected chi connectivity index (χ0v) is 11.7. The van der Waals surface area contributed by atoms with Crippen molar-refractivity contribution in [3.8, 4) is 0 Å². The number of benzene rings is 1. The first-order valence-electron chi connectivity index (χ1n) is 5.51. The average Bonchev–Trinajstić information content (AvgIpc) is 2.34. The van der Waals surface area contributed by atoms with Crippen molar-refractivity contribution in [3.63, 3.8) is 0 Å². The van der Waals surface area contributed by atoms with E-state index in [0.717, 1.165) is 0 Å². The molecule has 0 atom stereocenters. The lowest BCUT2D eigenvalue weighted by Gasteiger charge is -2.07. The van der Waals surface area contributed by atoms with Crippen LogP contribution in [-0.4, -0.2) is 41.8 Å². The molecule has 18 heavy (non-hydrogen) atoms. The van der Waals surface area contributed by atoms with Gasteiger partial charge in [0.25, 0.3) is 0 Å². The average molecular weight is 293 g/mol. The highest BCUT2D eigenvalue weighted by molar-refractivity contribution is 7.89. The van der Waals surface area contributed by atoms with Crippen LogP contribution in [0.25, 0.3) is 0 Å². The second-order valence-corrected chi connectivity index (χ2v) is 5.80. The van der Waals surface area contributed by atoms with Gasteiger partial charge in [0.2, 0.25) is 10.0 Å². The maximum atomic E-state index is 11.8. The van der Waals surface area contributed by atoms with E-state index >= 15 is 0 Å². The van der Waals surface area contributed by atoms with Gasteiger partial charge >= 0.3 is 0 Å². The molecular formula is C11H17ClN2O3S. The van der Waals surface area contributed by atoms with Gasteiger partial charge in [0.15, 0.2) is 0 Å². The van der Waals surface area contributed by atoms with E-state index in [1.165, 1.54) is 12.1 Å². The maximum Gasteiger partial charge on any atom is 0.240 e. The van der Waals surface area contributed by atoms with Gasteiger partial charge in [-0.1, -0.05) is 11.6 Å². The summed E-state index contributed by atoms with van der Waals surface area (Å²) in [6.07, 6.45) is 0. The zero-order valence-electron chi connectivity index (χ0n) is 10.1. The fraction of sp³-hybridized carbons (Fsp3) is 0.455. The number of methoxy groups -OCH3 is 1. The van der Waals surface area contributed by atoms with Crippen LogP contribution in [0.5, 0.6) is 0 Å². The molecule has 0 amide bonds. The van der Waals surface area contributed by atoms with Gasteiger partial charge in [-0.25, -0.2) is 13.1 Å². The summed E-state index contributed by atoms with van der Waals surface area (Å²) in [7, 11) is -1.83. The Labute approximate surface area is 113 Å². The molecule has 0 aliphatic rings. The minimum Gasteiger partial charge on any atom is -0.383 e. The molecule has 5 nitrogen and oxygen atoms in total. The lowest BCUT2D eigenvalue weighted by Crippen LogP contribution is -2.33. The highest BCUT2D eigenvalue weighted by atomic mass is 35.5. The molecule has 0 bridgehead atoms. The SMILES string of the molecule is COCCNCCNS(=O)(=O)c1ccc(Cl)cc1. The fourth-order valence-electron chi connectivity index (χ4n) is 1.27. The van der Waals surface area contributed by atoms with Gasteiger partial charge in [-0.3, -0.25) is 0 Å². The smallest absolute Gasteiger partial charge is 0.240 e. The Morgan fingerprint density at radius 3 is 2.44 bits per heavy atom. The molecule has 0 fully saturated rings. The third kappa shape index (κ3) is 5.32. The number of sulfonamides is 1. The second kappa shape index (κ2) is 7.70. The van der Waals surface area contributed by atoms with E-state index in [4.69, 9.17) is 16.3 Å². The van der Waals surface area contributed by atoms with Gasteiger partial charge in [0, 0.05) is 31.8 Å². The second-order valence-electron chi connectivity index (χ2n) is 3.59. The molecule has 0 aromatic heterocycles. The van der Waals surface area contributed by atoms with Crippen molar-refractivity contribution in [1.82, 2.24) is 10.0 Å². The summed E-state index contributed by atoms with van der Waals surface area (Å²) in [5.74, 6) is 0. The first-order chi connectivity index (χ1) is 8.56. The molecule has 0 radical (unpaired) electrons.